The highest BCUT2D eigenvalue weighted by Gasteiger charge is 2.17. The maximum atomic E-state index is 12.1. The summed E-state index contributed by atoms with van der Waals surface area (Å²) in [6.45, 7) is 3.02. The van der Waals surface area contributed by atoms with Gasteiger partial charge in [-0.3, -0.25) is 24.3 Å². The topological polar surface area (TPSA) is 94.2 Å². The summed E-state index contributed by atoms with van der Waals surface area (Å²) in [5, 5.41) is 13.7. The van der Waals surface area contributed by atoms with Crippen LogP contribution < -0.4 is 10.9 Å². The first kappa shape index (κ1) is 16.4. The number of pyridine rings is 1. The van der Waals surface area contributed by atoms with E-state index in [0.29, 0.717) is 0 Å². The standard InChI is InChI=1S/C16H17N3O4/c1-11(13-6-4-3-5-7-13)17-15(20)10-18-12(2)14(19(22)23)8-9-16(18)21/h3-9,11H,10H2,1-2H3,(H,17,20). The van der Waals surface area contributed by atoms with Crippen LogP contribution in [0.1, 0.15) is 24.2 Å². The molecule has 1 unspecified atom stereocenters. The average Bonchev–Trinajstić information content (AvgIpc) is 2.51. The van der Waals surface area contributed by atoms with Gasteiger partial charge >= 0.3 is 0 Å². The summed E-state index contributed by atoms with van der Waals surface area (Å²) in [7, 11) is 0. The zero-order valence-corrected chi connectivity index (χ0v) is 12.9. The number of aromatic nitrogens is 1. The number of nitrogens with one attached hydrogen (secondary N) is 1. The second kappa shape index (κ2) is 6.87. The average molecular weight is 315 g/mol. The quantitative estimate of drug-likeness (QED) is 0.674. The van der Waals surface area contributed by atoms with Gasteiger partial charge in [-0.05, 0) is 19.4 Å². The predicted octanol–water partition coefficient (Wildman–Crippen LogP) is 1.94. The largest absolute Gasteiger partial charge is 0.348 e. The fourth-order valence-corrected chi connectivity index (χ4v) is 2.31. The van der Waals surface area contributed by atoms with Crippen LogP contribution in [-0.4, -0.2) is 15.4 Å². The molecule has 0 radical (unpaired) electrons. The van der Waals surface area contributed by atoms with Crippen LogP contribution in [0.25, 0.3) is 0 Å². The molecule has 2 aromatic rings. The summed E-state index contributed by atoms with van der Waals surface area (Å²) in [4.78, 5) is 34.4. The van der Waals surface area contributed by atoms with Crippen molar-refractivity contribution in [2.24, 2.45) is 0 Å². The molecule has 7 nitrogen and oxygen atoms in total. The highest BCUT2D eigenvalue weighted by Crippen LogP contribution is 2.15. The summed E-state index contributed by atoms with van der Waals surface area (Å²) < 4.78 is 1.10. The van der Waals surface area contributed by atoms with Crippen molar-refractivity contribution in [1.29, 1.82) is 0 Å². The van der Waals surface area contributed by atoms with Crippen molar-refractivity contribution in [3.8, 4) is 0 Å². The van der Waals surface area contributed by atoms with Crippen LogP contribution in [0.2, 0.25) is 0 Å². The molecule has 0 fully saturated rings. The van der Waals surface area contributed by atoms with Gasteiger partial charge in [-0.2, -0.15) is 0 Å². The molecule has 0 saturated carbocycles. The molecule has 120 valence electrons. The van der Waals surface area contributed by atoms with E-state index >= 15 is 0 Å². The molecule has 2 rings (SSSR count). The minimum Gasteiger partial charge on any atom is -0.348 e. The maximum Gasteiger partial charge on any atom is 0.288 e. The van der Waals surface area contributed by atoms with Crippen LogP contribution in [0.3, 0.4) is 0 Å². The van der Waals surface area contributed by atoms with Crippen molar-refractivity contribution >= 4 is 11.6 Å². The van der Waals surface area contributed by atoms with E-state index in [0.717, 1.165) is 22.3 Å². The Labute approximate surface area is 132 Å². The van der Waals surface area contributed by atoms with Crippen molar-refractivity contribution < 1.29 is 9.72 Å². The summed E-state index contributed by atoms with van der Waals surface area (Å²) >= 11 is 0. The van der Waals surface area contributed by atoms with E-state index in [1.54, 1.807) is 0 Å². The summed E-state index contributed by atoms with van der Waals surface area (Å²) in [6, 6.07) is 11.4. The molecule has 0 aliphatic carbocycles. The Morgan fingerprint density at radius 1 is 1.26 bits per heavy atom. The minimum absolute atomic E-state index is 0.157. The third-order valence-corrected chi connectivity index (χ3v) is 3.60. The zero-order valence-electron chi connectivity index (χ0n) is 12.9. The smallest absolute Gasteiger partial charge is 0.288 e. The number of hydrogen-bond donors (Lipinski definition) is 1. The lowest BCUT2D eigenvalue weighted by atomic mass is 10.1. The number of hydrogen-bond acceptors (Lipinski definition) is 4. The molecule has 23 heavy (non-hydrogen) atoms. The molecule has 0 spiro atoms. The van der Waals surface area contributed by atoms with Crippen LogP contribution in [-0.2, 0) is 11.3 Å². The van der Waals surface area contributed by atoms with Gasteiger partial charge in [0.15, 0.2) is 0 Å². The van der Waals surface area contributed by atoms with Crippen molar-refractivity contribution in [3.05, 3.63) is 74.2 Å². The van der Waals surface area contributed by atoms with E-state index in [-0.39, 0.29) is 29.9 Å². The maximum absolute atomic E-state index is 12.1. The van der Waals surface area contributed by atoms with Gasteiger partial charge in [-0.15, -0.1) is 0 Å². The Hall–Kier alpha value is -2.96. The zero-order chi connectivity index (χ0) is 17.0. The van der Waals surface area contributed by atoms with Crippen LogP contribution in [0.15, 0.2) is 47.3 Å². The van der Waals surface area contributed by atoms with E-state index < -0.39 is 10.5 Å². The van der Waals surface area contributed by atoms with Crippen molar-refractivity contribution in [2.45, 2.75) is 26.4 Å². The molecule has 1 aromatic heterocycles. The van der Waals surface area contributed by atoms with Gasteiger partial charge in [-0.25, -0.2) is 0 Å². The fraction of sp³-hybridized carbons (Fsp3) is 0.250. The van der Waals surface area contributed by atoms with Gasteiger partial charge in [0.1, 0.15) is 6.54 Å². The Bertz CT molecular complexity index is 784. The molecule has 1 atom stereocenters. The molecule has 1 amide bonds. The first-order chi connectivity index (χ1) is 10.9. The molecule has 0 saturated heterocycles. The van der Waals surface area contributed by atoms with Crippen LogP contribution in [0.4, 0.5) is 5.69 Å². The molecule has 0 aliphatic heterocycles. The molecular weight excluding hydrogens is 298 g/mol. The van der Waals surface area contributed by atoms with Crippen molar-refractivity contribution in [2.75, 3.05) is 0 Å². The molecular formula is C16H17N3O4. The van der Waals surface area contributed by atoms with E-state index in [1.807, 2.05) is 37.3 Å². The second-order valence-corrected chi connectivity index (χ2v) is 5.19. The first-order valence-corrected chi connectivity index (χ1v) is 7.09. The van der Waals surface area contributed by atoms with Crippen LogP contribution in [0.5, 0.6) is 0 Å². The molecule has 1 heterocycles. The third-order valence-electron chi connectivity index (χ3n) is 3.60. The number of nitrogens with zero attached hydrogens (tertiary/aromatic N) is 2. The van der Waals surface area contributed by atoms with Gasteiger partial charge in [0.2, 0.25) is 5.91 Å². The van der Waals surface area contributed by atoms with E-state index in [9.17, 15) is 19.7 Å². The fourth-order valence-electron chi connectivity index (χ4n) is 2.31. The molecule has 7 heteroatoms. The molecule has 1 aromatic carbocycles. The van der Waals surface area contributed by atoms with Gasteiger partial charge in [-0.1, -0.05) is 30.3 Å². The highest BCUT2D eigenvalue weighted by molar-refractivity contribution is 5.76. The number of carbonyl (C=O) groups is 1. The first-order valence-electron chi connectivity index (χ1n) is 7.09. The number of carbonyl (C=O) groups excluding carboxylic acids is 1. The molecule has 0 bridgehead atoms. The van der Waals surface area contributed by atoms with E-state index in [4.69, 9.17) is 0 Å². The van der Waals surface area contributed by atoms with E-state index in [1.165, 1.54) is 6.92 Å². The van der Waals surface area contributed by atoms with Crippen molar-refractivity contribution in [1.82, 2.24) is 9.88 Å². The Balaban J connectivity index is 2.16. The van der Waals surface area contributed by atoms with Gasteiger partial charge in [0.05, 0.1) is 16.7 Å². The number of nitro groups is 1. The Kier molecular flexibility index (Phi) is 4.90. The van der Waals surface area contributed by atoms with Gasteiger partial charge in [0, 0.05) is 12.1 Å². The van der Waals surface area contributed by atoms with E-state index in [2.05, 4.69) is 5.32 Å². The summed E-state index contributed by atoms with van der Waals surface area (Å²) in [5.74, 6) is -0.382. The number of rotatable bonds is 5. The lowest BCUT2D eigenvalue weighted by molar-refractivity contribution is -0.386. The minimum atomic E-state index is -0.574. The third kappa shape index (κ3) is 3.82. The van der Waals surface area contributed by atoms with Crippen LogP contribution in [0, 0.1) is 17.0 Å². The second-order valence-electron chi connectivity index (χ2n) is 5.19. The summed E-state index contributed by atoms with van der Waals surface area (Å²) in [6.07, 6.45) is 0. The van der Waals surface area contributed by atoms with Gasteiger partial charge in [0.25, 0.3) is 11.2 Å². The monoisotopic (exact) mass is 315 g/mol. The van der Waals surface area contributed by atoms with Crippen molar-refractivity contribution in [3.63, 3.8) is 0 Å². The highest BCUT2D eigenvalue weighted by atomic mass is 16.6. The molecule has 1 N–H and O–H groups in total. The van der Waals surface area contributed by atoms with Gasteiger partial charge < -0.3 is 5.32 Å². The van der Waals surface area contributed by atoms with Crippen LogP contribution >= 0.6 is 0 Å². The summed E-state index contributed by atoms with van der Waals surface area (Å²) in [5.41, 5.74) is 0.457. The molecule has 0 aliphatic rings. The normalized spacial score (nSPS) is 11.7. The predicted molar refractivity (Wildman–Crippen MR) is 85.1 cm³/mol. The SMILES string of the molecule is Cc1c([N+](=O)[O-])ccc(=O)n1CC(=O)NC(C)c1ccccc1. The lowest BCUT2D eigenvalue weighted by Gasteiger charge is -2.15. The lowest BCUT2D eigenvalue weighted by Crippen LogP contribution is -2.34. The Morgan fingerprint density at radius 3 is 2.52 bits per heavy atom. The number of amides is 1. The Morgan fingerprint density at radius 2 is 1.91 bits per heavy atom. The number of benzene rings is 1.